The van der Waals surface area contributed by atoms with E-state index >= 15 is 0 Å². The second kappa shape index (κ2) is 3.69. The molecule has 0 aromatic carbocycles. The number of amides is 2. The topological polar surface area (TPSA) is 32.3 Å². The van der Waals surface area contributed by atoms with Gasteiger partial charge in [-0.2, -0.15) is 0 Å². The molecule has 2 saturated carbocycles. The second-order valence-corrected chi connectivity index (χ2v) is 5.37. The van der Waals surface area contributed by atoms with Gasteiger partial charge in [0.15, 0.2) is 0 Å². The first-order valence-corrected chi connectivity index (χ1v) is 6.37. The number of carbonyl (C=O) groups excluding carboxylic acids is 1. The minimum Gasteiger partial charge on any atom is -0.338 e. The van der Waals surface area contributed by atoms with Crippen LogP contribution in [0.15, 0.2) is 0 Å². The zero-order chi connectivity index (χ0) is 10.3. The first-order chi connectivity index (χ1) is 7.34. The van der Waals surface area contributed by atoms with Crippen molar-refractivity contribution in [2.45, 2.75) is 32.1 Å². The van der Waals surface area contributed by atoms with Gasteiger partial charge < -0.3 is 10.2 Å². The Morgan fingerprint density at radius 1 is 1.27 bits per heavy atom. The van der Waals surface area contributed by atoms with E-state index < -0.39 is 0 Å². The van der Waals surface area contributed by atoms with Crippen molar-refractivity contribution in [3.8, 4) is 0 Å². The summed E-state index contributed by atoms with van der Waals surface area (Å²) in [6.45, 7) is 2.87. The lowest BCUT2D eigenvalue weighted by molar-refractivity contribution is 0.167. The van der Waals surface area contributed by atoms with Crippen molar-refractivity contribution in [2.24, 2.45) is 17.8 Å². The van der Waals surface area contributed by atoms with Crippen molar-refractivity contribution in [3.05, 3.63) is 0 Å². The Bertz CT molecular complexity index is 246. The summed E-state index contributed by atoms with van der Waals surface area (Å²) in [6, 6.07) is 0.174. The molecule has 0 unspecified atom stereocenters. The molecule has 3 nitrogen and oxygen atoms in total. The molecule has 1 saturated heterocycles. The van der Waals surface area contributed by atoms with Gasteiger partial charge in [0, 0.05) is 19.6 Å². The minimum absolute atomic E-state index is 0.174. The van der Waals surface area contributed by atoms with Crippen LogP contribution in [0.2, 0.25) is 0 Å². The number of hydrogen-bond donors (Lipinski definition) is 1. The summed E-state index contributed by atoms with van der Waals surface area (Å²) in [6.07, 6.45) is 6.77. The fourth-order valence-corrected chi connectivity index (χ4v) is 2.84. The number of nitrogens with zero attached hydrogens (tertiary/aromatic N) is 1. The molecular formula is C12H20N2O. The number of urea groups is 1. The van der Waals surface area contributed by atoms with Crippen LogP contribution in [0.5, 0.6) is 0 Å². The third-order valence-corrected chi connectivity index (χ3v) is 4.05. The highest BCUT2D eigenvalue weighted by atomic mass is 16.2. The van der Waals surface area contributed by atoms with Crippen LogP contribution in [-0.2, 0) is 0 Å². The predicted molar refractivity (Wildman–Crippen MR) is 58.5 cm³/mol. The third kappa shape index (κ3) is 2.11. The van der Waals surface area contributed by atoms with Gasteiger partial charge in [0.05, 0.1) is 0 Å². The minimum atomic E-state index is 0.174. The average Bonchev–Trinajstić information content (AvgIpc) is 3.10. The molecule has 0 spiro atoms. The zero-order valence-corrected chi connectivity index (χ0v) is 9.24. The van der Waals surface area contributed by atoms with Crippen LogP contribution in [-0.4, -0.2) is 30.6 Å². The van der Waals surface area contributed by atoms with Gasteiger partial charge in [0.1, 0.15) is 0 Å². The largest absolute Gasteiger partial charge is 0.338 e. The molecule has 84 valence electrons. The Hall–Kier alpha value is -0.730. The van der Waals surface area contributed by atoms with Crippen LogP contribution in [0, 0.1) is 17.8 Å². The Balaban J connectivity index is 1.58. The molecule has 0 atom stereocenters. The van der Waals surface area contributed by atoms with E-state index in [4.69, 9.17) is 0 Å². The molecule has 2 aliphatic carbocycles. The Morgan fingerprint density at radius 2 is 1.93 bits per heavy atom. The maximum absolute atomic E-state index is 11.6. The van der Waals surface area contributed by atoms with Gasteiger partial charge >= 0.3 is 6.03 Å². The van der Waals surface area contributed by atoms with Gasteiger partial charge in [-0.25, -0.2) is 4.79 Å². The Labute approximate surface area is 91.2 Å². The fraction of sp³-hybridized carbons (Fsp3) is 0.917. The summed E-state index contributed by atoms with van der Waals surface area (Å²) >= 11 is 0. The van der Waals surface area contributed by atoms with E-state index in [0.29, 0.717) is 0 Å². The van der Waals surface area contributed by atoms with Crippen LogP contribution < -0.4 is 5.32 Å². The molecule has 1 heterocycles. The lowest BCUT2D eigenvalue weighted by Gasteiger charge is -2.31. The number of rotatable bonds is 4. The van der Waals surface area contributed by atoms with Gasteiger partial charge in [-0.1, -0.05) is 0 Å². The van der Waals surface area contributed by atoms with E-state index in [0.717, 1.165) is 43.8 Å². The van der Waals surface area contributed by atoms with E-state index in [1.807, 2.05) is 4.90 Å². The van der Waals surface area contributed by atoms with Crippen molar-refractivity contribution < 1.29 is 4.79 Å². The van der Waals surface area contributed by atoms with Crippen LogP contribution in [0.4, 0.5) is 4.79 Å². The molecule has 3 fully saturated rings. The standard InChI is InChI=1S/C12H20N2O/c15-12-13-6-1-7-14(12)8-11(9-2-3-9)10-4-5-10/h9-11H,1-8H2,(H,13,15). The lowest BCUT2D eigenvalue weighted by atomic mass is 9.97. The van der Waals surface area contributed by atoms with Gasteiger partial charge in [-0.15, -0.1) is 0 Å². The average molecular weight is 208 g/mol. The zero-order valence-electron chi connectivity index (χ0n) is 9.24. The molecule has 3 aliphatic rings. The van der Waals surface area contributed by atoms with Crippen molar-refractivity contribution in [2.75, 3.05) is 19.6 Å². The van der Waals surface area contributed by atoms with Crippen molar-refractivity contribution >= 4 is 6.03 Å². The van der Waals surface area contributed by atoms with Gasteiger partial charge in [0.25, 0.3) is 0 Å². The van der Waals surface area contributed by atoms with E-state index in [1.54, 1.807) is 0 Å². The maximum atomic E-state index is 11.6. The highest BCUT2D eigenvalue weighted by molar-refractivity contribution is 5.74. The van der Waals surface area contributed by atoms with Crippen LogP contribution >= 0.6 is 0 Å². The van der Waals surface area contributed by atoms with Crippen molar-refractivity contribution in [3.63, 3.8) is 0 Å². The molecular weight excluding hydrogens is 188 g/mol. The highest BCUT2D eigenvalue weighted by Crippen LogP contribution is 2.49. The summed E-state index contributed by atoms with van der Waals surface area (Å²) in [4.78, 5) is 13.7. The summed E-state index contributed by atoms with van der Waals surface area (Å²) in [5.41, 5.74) is 0. The number of nitrogens with one attached hydrogen (secondary N) is 1. The quantitative estimate of drug-likeness (QED) is 0.751. The number of hydrogen-bond acceptors (Lipinski definition) is 1. The molecule has 2 amide bonds. The van der Waals surface area contributed by atoms with Crippen LogP contribution in [0.25, 0.3) is 0 Å². The van der Waals surface area contributed by atoms with Gasteiger partial charge in [-0.3, -0.25) is 0 Å². The van der Waals surface area contributed by atoms with Crippen LogP contribution in [0.3, 0.4) is 0 Å². The molecule has 0 aromatic heterocycles. The highest BCUT2D eigenvalue weighted by Gasteiger charge is 2.42. The van der Waals surface area contributed by atoms with Crippen molar-refractivity contribution in [1.82, 2.24) is 10.2 Å². The Kier molecular flexibility index (Phi) is 2.33. The third-order valence-electron chi connectivity index (χ3n) is 4.05. The van der Waals surface area contributed by atoms with E-state index in [9.17, 15) is 4.79 Å². The molecule has 3 heteroatoms. The molecule has 0 radical (unpaired) electrons. The lowest BCUT2D eigenvalue weighted by Crippen LogP contribution is -2.48. The molecule has 0 aromatic rings. The van der Waals surface area contributed by atoms with Gasteiger partial charge in [-0.05, 0) is 49.9 Å². The Morgan fingerprint density at radius 3 is 2.47 bits per heavy atom. The van der Waals surface area contributed by atoms with Crippen molar-refractivity contribution in [1.29, 1.82) is 0 Å². The molecule has 15 heavy (non-hydrogen) atoms. The summed E-state index contributed by atoms with van der Waals surface area (Å²) in [7, 11) is 0. The fourth-order valence-electron chi connectivity index (χ4n) is 2.84. The first kappa shape index (κ1) is 9.49. The number of carbonyl (C=O) groups is 1. The van der Waals surface area contributed by atoms with E-state index in [1.165, 1.54) is 25.7 Å². The SMILES string of the molecule is O=C1NCCCN1CC(C1CC1)C1CC1. The summed E-state index contributed by atoms with van der Waals surface area (Å²) in [5, 5.41) is 2.94. The van der Waals surface area contributed by atoms with Gasteiger partial charge in [0.2, 0.25) is 0 Å². The molecule has 1 aliphatic heterocycles. The van der Waals surface area contributed by atoms with E-state index in [2.05, 4.69) is 5.32 Å². The van der Waals surface area contributed by atoms with Crippen LogP contribution in [0.1, 0.15) is 32.1 Å². The maximum Gasteiger partial charge on any atom is 0.317 e. The summed E-state index contributed by atoms with van der Waals surface area (Å²) < 4.78 is 0. The normalized spacial score (nSPS) is 27.0. The summed E-state index contributed by atoms with van der Waals surface area (Å²) in [5.74, 6) is 2.73. The second-order valence-electron chi connectivity index (χ2n) is 5.37. The predicted octanol–water partition coefficient (Wildman–Crippen LogP) is 1.84. The smallest absolute Gasteiger partial charge is 0.317 e. The first-order valence-electron chi connectivity index (χ1n) is 6.37. The molecule has 0 bridgehead atoms. The molecule has 1 N–H and O–H groups in total. The monoisotopic (exact) mass is 208 g/mol. The van der Waals surface area contributed by atoms with E-state index in [-0.39, 0.29) is 6.03 Å². The molecule has 3 rings (SSSR count).